The largest absolute Gasteiger partial charge is 0.308 e. The van der Waals surface area contributed by atoms with Crippen molar-refractivity contribution in [2.24, 2.45) is 5.84 Å². The molecule has 0 bridgehead atoms. The number of hydrogen-bond donors (Lipinski definition) is 2. The van der Waals surface area contributed by atoms with Crippen LogP contribution in [-0.2, 0) is 12.8 Å². The number of aryl methyl sites for hydroxylation is 3. The van der Waals surface area contributed by atoms with Crippen molar-refractivity contribution in [3.8, 4) is 0 Å². The Morgan fingerprint density at radius 2 is 1.85 bits per heavy atom. The topological polar surface area (TPSA) is 63.8 Å². The number of nitrogens with zero attached hydrogens (tertiary/aromatic N) is 2. The highest BCUT2D eigenvalue weighted by Gasteiger charge is 2.09. The summed E-state index contributed by atoms with van der Waals surface area (Å²) in [7, 11) is 0. The molecular weight excluding hydrogens is 248 g/mol. The Morgan fingerprint density at radius 3 is 2.45 bits per heavy atom. The molecule has 20 heavy (non-hydrogen) atoms. The molecule has 0 fully saturated rings. The summed E-state index contributed by atoms with van der Waals surface area (Å²) in [6.07, 6.45) is 1.60. The van der Waals surface area contributed by atoms with Gasteiger partial charge in [-0.15, -0.1) is 0 Å². The van der Waals surface area contributed by atoms with Gasteiger partial charge >= 0.3 is 0 Å². The first kappa shape index (κ1) is 14.5. The standard InChI is InChI=1S/C16H22N4/c1-5-14-12(4)16(20-17)19-15(18-14)9-13-7-6-10(2)11(3)8-13/h6-8H,5,9,17H2,1-4H3,(H,18,19,20). The zero-order valence-corrected chi connectivity index (χ0v) is 12.6. The van der Waals surface area contributed by atoms with E-state index in [1.807, 2.05) is 6.92 Å². The molecule has 1 aromatic heterocycles. The van der Waals surface area contributed by atoms with Crippen LogP contribution in [0, 0.1) is 20.8 Å². The Hall–Kier alpha value is -1.94. The lowest BCUT2D eigenvalue weighted by molar-refractivity contribution is 0.887. The number of nitrogens with one attached hydrogen (secondary N) is 1. The lowest BCUT2D eigenvalue weighted by Crippen LogP contribution is -2.14. The molecular formula is C16H22N4. The van der Waals surface area contributed by atoms with Gasteiger partial charge in [0.25, 0.3) is 0 Å². The van der Waals surface area contributed by atoms with Crippen LogP contribution in [-0.4, -0.2) is 9.97 Å². The van der Waals surface area contributed by atoms with E-state index >= 15 is 0 Å². The average Bonchev–Trinajstić information content (AvgIpc) is 2.44. The highest BCUT2D eigenvalue weighted by Crippen LogP contribution is 2.18. The maximum absolute atomic E-state index is 5.54. The molecule has 0 aliphatic heterocycles. The van der Waals surface area contributed by atoms with Crippen molar-refractivity contribution >= 4 is 5.82 Å². The Balaban J connectivity index is 2.35. The fraction of sp³-hybridized carbons (Fsp3) is 0.375. The summed E-state index contributed by atoms with van der Waals surface area (Å²) < 4.78 is 0. The highest BCUT2D eigenvalue weighted by atomic mass is 15.3. The second kappa shape index (κ2) is 6.01. The van der Waals surface area contributed by atoms with E-state index in [0.717, 1.165) is 35.7 Å². The number of hydrogen-bond acceptors (Lipinski definition) is 4. The Morgan fingerprint density at radius 1 is 1.10 bits per heavy atom. The predicted molar refractivity (Wildman–Crippen MR) is 82.7 cm³/mol. The Labute approximate surface area is 120 Å². The van der Waals surface area contributed by atoms with E-state index in [0.29, 0.717) is 0 Å². The zero-order valence-electron chi connectivity index (χ0n) is 12.6. The van der Waals surface area contributed by atoms with Gasteiger partial charge in [0, 0.05) is 17.7 Å². The molecule has 0 saturated heterocycles. The van der Waals surface area contributed by atoms with Gasteiger partial charge in [-0.1, -0.05) is 25.1 Å². The van der Waals surface area contributed by atoms with E-state index < -0.39 is 0 Å². The van der Waals surface area contributed by atoms with E-state index in [2.05, 4.69) is 54.4 Å². The third-order valence-corrected chi connectivity index (χ3v) is 3.70. The maximum Gasteiger partial charge on any atom is 0.146 e. The number of hydrazine groups is 1. The van der Waals surface area contributed by atoms with Crippen LogP contribution in [0.25, 0.3) is 0 Å². The average molecular weight is 270 g/mol. The minimum atomic E-state index is 0.718. The maximum atomic E-state index is 5.54. The van der Waals surface area contributed by atoms with E-state index in [-0.39, 0.29) is 0 Å². The lowest BCUT2D eigenvalue weighted by Gasteiger charge is -2.11. The SMILES string of the molecule is CCc1nc(Cc2ccc(C)c(C)c2)nc(NN)c1C. The molecule has 0 unspecified atom stereocenters. The first-order valence-corrected chi connectivity index (χ1v) is 6.94. The number of nitrogens with two attached hydrogens (primary N) is 1. The van der Waals surface area contributed by atoms with Gasteiger partial charge in [-0.25, -0.2) is 15.8 Å². The molecule has 2 rings (SSSR count). The van der Waals surface area contributed by atoms with Crippen molar-refractivity contribution in [3.63, 3.8) is 0 Å². The van der Waals surface area contributed by atoms with E-state index in [9.17, 15) is 0 Å². The molecule has 1 aromatic carbocycles. The number of aromatic nitrogens is 2. The first-order chi connectivity index (χ1) is 9.55. The van der Waals surface area contributed by atoms with Crippen LogP contribution in [0.3, 0.4) is 0 Å². The minimum Gasteiger partial charge on any atom is -0.308 e. The molecule has 4 nitrogen and oxygen atoms in total. The predicted octanol–water partition coefficient (Wildman–Crippen LogP) is 2.84. The monoisotopic (exact) mass is 270 g/mol. The zero-order chi connectivity index (χ0) is 14.7. The van der Waals surface area contributed by atoms with Gasteiger partial charge in [0.1, 0.15) is 11.6 Å². The number of nitrogen functional groups attached to an aromatic ring is 1. The van der Waals surface area contributed by atoms with Crippen LogP contribution in [0.1, 0.15) is 40.7 Å². The first-order valence-electron chi connectivity index (χ1n) is 6.94. The van der Waals surface area contributed by atoms with Gasteiger partial charge in [0.15, 0.2) is 0 Å². The van der Waals surface area contributed by atoms with Crippen LogP contribution in [0.5, 0.6) is 0 Å². The summed E-state index contributed by atoms with van der Waals surface area (Å²) in [6, 6.07) is 6.47. The third kappa shape index (κ3) is 2.96. The molecule has 0 saturated carbocycles. The number of benzene rings is 1. The fourth-order valence-electron chi connectivity index (χ4n) is 2.27. The molecule has 0 aliphatic rings. The van der Waals surface area contributed by atoms with E-state index in [4.69, 9.17) is 5.84 Å². The smallest absolute Gasteiger partial charge is 0.146 e. The third-order valence-electron chi connectivity index (χ3n) is 3.70. The van der Waals surface area contributed by atoms with Crippen molar-refractivity contribution in [1.29, 1.82) is 0 Å². The molecule has 0 amide bonds. The molecule has 0 spiro atoms. The van der Waals surface area contributed by atoms with Gasteiger partial charge < -0.3 is 5.43 Å². The summed E-state index contributed by atoms with van der Waals surface area (Å²) in [4.78, 5) is 9.14. The molecule has 1 heterocycles. The van der Waals surface area contributed by atoms with Crippen LogP contribution in [0.4, 0.5) is 5.82 Å². The summed E-state index contributed by atoms with van der Waals surface area (Å²) in [5.74, 6) is 7.07. The van der Waals surface area contributed by atoms with Crippen molar-refractivity contribution in [2.75, 3.05) is 5.43 Å². The quantitative estimate of drug-likeness (QED) is 0.662. The van der Waals surface area contributed by atoms with Crippen molar-refractivity contribution < 1.29 is 0 Å². The van der Waals surface area contributed by atoms with E-state index in [1.54, 1.807) is 0 Å². The van der Waals surface area contributed by atoms with Crippen LogP contribution in [0.15, 0.2) is 18.2 Å². The van der Waals surface area contributed by atoms with Gasteiger partial charge in [0.05, 0.1) is 0 Å². The van der Waals surface area contributed by atoms with Gasteiger partial charge in [0.2, 0.25) is 0 Å². The molecule has 4 heteroatoms. The summed E-state index contributed by atoms with van der Waals surface area (Å²) in [5.41, 5.74) is 8.56. The van der Waals surface area contributed by atoms with Gasteiger partial charge in [-0.2, -0.15) is 0 Å². The normalized spacial score (nSPS) is 10.7. The molecule has 0 atom stereocenters. The second-order valence-corrected chi connectivity index (χ2v) is 5.15. The molecule has 0 radical (unpaired) electrons. The van der Waals surface area contributed by atoms with Crippen LogP contribution < -0.4 is 11.3 Å². The Bertz CT molecular complexity index is 595. The second-order valence-electron chi connectivity index (χ2n) is 5.15. The summed E-state index contributed by atoms with van der Waals surface area (Å²) >= 11 is 0. The molecule has 0 aliphatic carbocycles. The number of anilines is 1. The van der Waals surface area contributed by atoms with Crippen LogP contribution in [0.2, 0.25) is 0 Å². The highest BCUT2D eigenvalue weighted by molar-refractivity contribution is 5.45. The minimum absolute atomic E-state index is 0.718. The number of rotatable bonds is 4. The van der Waals surface area contributed by atoms with Crippen molar-refractivity contribution in [2.45, 2.75) is 40.5 Å². The van der Waals surface area contributed by atoms with Crippen molar-refractivity contribution in [1.82, 2.24) is 9.97 Å². The summed E-state index contributed by atoms with van der Waals surface area (Å²) in [5, 5.41) is 0. The van der Waals surface area contributed by atoms with Crippen LogP contribution >= 0.6 is 0 Å². The Kier molecular flexibility index (Phi) is 4.35. The molecule has 2 aromatic rings. The fourth-order valence-corrected chi connectivity index (χ4v) is 2.27. The van der Waals surface area contributed by atoms with E-state index in [1.165, 1.54) is 16.7 Å². The molecule has 3 N–H and O–H groups in total. The van der Waals surface area contributed by atoms with Crippen molar-refractivity contribution in [3.05, 3.63) is 52.0 Å². The van der Waals surface area contributed by atoms with Gasteiger partial charge in [-0.05, 0) is 43.9 Å². The van der Waals surface area contributed by atoms with Gasteiger partial charge in [-0.3, -0.25) is 0 Å². The summed E-state index contributed by atoms with van der Waals surface area (Å²) in [6.45, 7) is 8.33. The molecule has 106 valence electrons. The lowest BCUT2D eigenvalue weighted by atomic mass is 10.0.